The Morgan fingerprint density at radius 1 is 0.917 bits per heavy atom. The summed E-state index contributed by atoms with van der Waals surface area (Å²) in [7, 11) is 0. The van der Waals surface area contributed by atoms with E-state index in [0.717, 1.165) is 12.1 Å². The van der Waals surface area contributed by atoms with E-state index >= 15 is 0 Å². The molecule has 2 atom stereocenters. The van der Waals surface area contributed by atoms with Crippen LogP contribution in [0.1, 0.15) is 35.8 Å². The van der Waals surface area contributed by atoms with Crippen LogP contribution >= 0.6 is 0 Å². The van der Waals surface area contributed by atoms with Crippen LogP contribution in [0.4, 0.5) is 8.78 Å². The van der Waals surface area contributed by atoms with Gasteiger partial charge < -0.3 is 10.6 Å². The van der Waals surface area contributed by atoms with Crippen LogP contribution < -0.4 is 10.6 Å². The molecule has 126 valence electrons. The molecule has 24 heavy (non-hydrogen) atoms. The van der Waals surface area contributed by atoms with Gasteiger partial charge in [-0.2, -0.15) is 0 Å². The zero-order valence-corrected chi connectivity index (χ0v) is 13.3. The molecule has 0 aliphatic heterocycles. The van der Waals surface area contributed by atoms with Gasteiger partial charge in [0.25, 0.3) is 5.91 Å². The van der Waals surface area contributed by atoms with Gasteiger partial charge in [0.15, 0.2) is 11.6 Å². The van der Waals surface area contributed by atoms with Crippen LogP contribution in [-0.2, 0) is 4.79 Å². The maximum Gasteiger partial charge on any atom is 0.251 e. The maximum atomic E-state index is 13.3. The third-order valence-electron chi connectivity index (χ3n) is 3.58. The Balaban J connectivity index is 1.95. The van der Waals surface area contributed by atoms with Crippen LogP contribution in [0.15, 0.2) is 48.5 Å². The molecule has 0 saturated carbocycles. The Kier molecular flexibility index (Phi) is 5.63. The normalized spacial score (nSPS) is 13.0. The molecule has 4 nitrogen and oxygen atoms in total. The number of hydrogen-bond donors (Lipinski definition) is 2. The number of hydrogen-bond acceptors (Lipinski definition) is 2. The van der Waals surface area contributed by atoms with Crippen molar-refractivity contribution >= 4 is 11.8 Å². The second kappa shape index (κ2) is 7.68. The first kappa shape index (κ1) is 17.6. The van der Waals surface area contributed by atoms with E-state index < -0.39 is 29.6 Å². The highest BCUT2D eigenvalue weighted by atomic mass is 19.2. The quantitative estimate of drug-likeness (QED) is 0.884. The Hall–Kier alpha value is -2.76. The van der Waals surface area contributed by atoms with Crippen LogP contribution in [0, 0.1) is 11.6 Å². The Labute approximate surface area is 138 Å². The van der Waals surface area contributed by atoms with Gasteiger partial charge in [0.1, 0.15) is 6.04 Å². The summed E-state index contributed by atoms with van der Waals surface area (Å²) in [5.41, 5.74) is 0.884. The van der Waals surface area contributed by atoms with Gasteiger partial charge in [0.2, 0.25) is 5.91 Å². The van der Waals surface area contributed by atoms with Crippen molar-refractivity contribution in [3.63, 3.8) is 0 Å². The smallest absolute Gasteiger partial charge is 0.251 e. The van der Waals surface area contributed by atoms with Gasteiger partial charge in [-0.15, -0.1) is 0 Å². The lowest BCUT2D eigenvalue weighted by Gasteiger charge is -2.19. The third-order valence-corrected chi connectivity index (χ3v) is 3.58. The molecule has 0 radical (unpaired) electrons. The van der Waals surface area contributed by atoms with Gasteiger partial charge in [-0.25, -0.2) is 8.78 Å². The first-order valence-electron chi connectivity index (χ1n) is 7.49. The van der Waals surface area contributed by atoms with Gasteiger partial charge in [-0.1, -0.05) is 24.3 Å². The fraction of sp³-hybridized carbons (Fsp3) is 0.222. The van der Waals surface area contributed by atoms with Crippen LogP contribution in [0.5, 0.6) is 0 Å². The standard InChI is InChI=1S/C18H18F2N2O2/c1-11(14-8-9-15(19)16(20)10-14)21-17(23)12(2)22-18(24)13-6-4-3-5-7-13/h3-12H,1-2H3,(H,21,23)(H,22,24)/t11-,12-/m1/s1. The Morgan fingerprint density at radius 2 is 1.58 bits per heavy atom. The lowest BCUT2D eigenvalue weighted by atomic mass is 10.1. The largest absolute Gasteiger partial charge is 0.348 e. The zero-order chi connectivity index (χ0) is 17.7. The molecule has 0 fully saturated rings. The minimum Gasteiger partial charge on any atom is -0.348 e. The number of carbonyl (C=O) groups is 2. The molecule has 2 aromatic carbocycles. The van der Waals surface area contributed by atoms with E-state index in [0.29, 0.717) is 11.1 Å². The lowest BCUT2D eigenvalue weighted by Crippen LogP contribution is -2.45. The molecule has 0 aliphatic rings. The van der Waals surface area contributed by atoms with Crippen molar-refractivity contribution in [1.29, 1.82) is 0 Å². The Bertz CT molecular complexity index is 735. The van der Waals surface area contributed by atoms with Gasteiger partial charge in [0, 0.05) is 5.56 Å². The zero-order valence-electron chi connectivity index (χ0n) is 13.3. The van der Waals surface area contributed by atoms with E-state index in [1.54, 1.807) is 44.2 Å². The number of carbonyl (C=O) groups excluding carboxylic acids is 2. The summed E-state index contributed by atoms with van der Waals surface area (Å²) in [6.45, 7) is 3.20. The van der Waals surface area contributed by atoms with Crippen molar-refractivity contribution in [2.45, 2.75) is 25.9 Å². The van der Waals surface area contributed by atoms with E-state index in [1.807, 2.05) is 0 Å². The molecular formula is C18H18F2N2O2. The van der Waals surface area contributed by atoms with Crippen LogP contribution in [0.25, 0.3) is 0 Å². The summed E-state index contributed by atoms with van der Waals surface area (Å²) in [4.78, 5) is 24.2. The molecule has 0 aromatic heterocycles. The van der Waals surface area contributed by atoms with Crippen molar-refractivity contribution in [3.8, 4) is 0 Å². The summed E-state index contributed by atoms with van der Waals surface area (Å²) < 4.78 is 26.2. The average Bonchev–Trinajstić information content (AvgIpc) is 2.57. The molecule has 6 heteroatoms. The van der Waals surface area contributed by atoms with Crippen molar-refractivity contribution in [2.24, 2.45) is 0 Å². The predicted molar refractivity (Wildman–Crippen MR) is 86.3 cm³/mol. The molecule has 2 rings (SSSR count). The van der Waals surface area contributed by atoms with Crippen LogP contribution in [0.3, 0.4) is 0 Å². The Morgan fingerprint density at radius 3 is 2.21 bits per heavy atom. The molecule has 0 heterocycles. The first-order valence-corrected chi connectivity index (χ1v) is 7.49. The average molecular weight is 332 g/mol. The summed E-state index contributed by atoms with van der Waals surface area (Å²) in [5, 5.41) is 5.24. The monoisotopic (exact) mass is 332 g/mol. The molecule has 0 saturated heterocycles. The number of halogens is 2. The molecule has 2 N–H and O–H groups in total. The lowest BCUT2D eigenvalue weighted by molar-refractivity contribution is -0.123. The fourth-order valence-corrected chi connectivity index (χ4v) is 2.14. The first-order chi connectivity index (χ1) is 11.4. The van der Waals surface area contributed by atoms with Gasteiger partial charge in [-0.05, 0) is 43.7 Å². The van der Waals surface area contributed by atoms with E-state index in [2.05, 4.69) is 10.6 Å². The van der Waals surface area contributed by atoms with Gasteiger partial charge in [-0.3, -0.25) is 9.59 Å². The number of nitrogens with one attached hydrogen (secondary N) is 2. The van der Waals surface area contributed by atoms with Crippen molar-refractivity contribution in [1.82, 2.24) is 10.6 Å². The molecule has 0 unspecified atom stereocenters. The second-order valence-corrected chi connectivity index (χ2v) is 5.46. The van der Waals surface area contributed by atoms with Crippen molar-refractivity contribution in [2.75, 3.05) is 0 Å². The maximum absolute atomic E-state index is 13.3. The fourth-order valence-electron chi connectivity index (χ4n) is 2.14. The van der Waals surface area contributed by atoms with E-state index in [1.165, 1.54) is 6.07 Å². The third kappa shape index (κ3) is 4.38. The second-order valence-electron chi connectivity index (χ2n) is 5.46. The SMILES string of the molecule is C[C@@H](NC(=O)c1ccccc1)C(=O)N[C@H](C)c1ccc(F)c(F)c1. The number of amides is 2. The summed E-state index contributed by atoms with van der Waals surface area (Å²) >= 11 is 0. The summed E-state index contributed by atoms with van der Waals surface area (Å²) in [6.07, 6.45) is 0. The molecular weight excluding hydrogens is 314 g/mol. The van der Waals surface area contributed by atoms with E-state index in [9.17, 15) is 18.4 Å². The van der Waals surface area contributed by atoms with E-state index in [-0.39, 0.29) is 5.91 Å². The van der Waals surface area contributed by atoms with Crippen molar-refractivity contribution in [3.05, 3.63) is 71.3 Å². The minimum atomic E-state index is -0.973. The minimum absolute atomic E-state index is 0.362. The van der Waals surface area contributed by atoms with E-state index in [4.69, 9.17) is 0 Å². The topological polar surface area (TPSA) is 58.2 Å². The molecule has 2 amide bonds. The highest BCUT2D eigenvalue weighted by Gasteiger charge is 2.19. The molecule has 0 aliphatic carbocycles. The van der Waals surface area contributed by atoms with Crippen LogP contribution in [0.2, 0.25) is 0 Å². The highest BCUT2D eigenvalue weighted by Crippen LogP contribution is 2.16. The number of rotatable bonds is 5. The molecule has 2 aromatic rings. The summed E-state index contributed by atoms with van der Waals surface area (Å²) in [6, 6.07) is 10.7. The van der Waals surface area contributed by atoms with Gasteiger partial charge in [0.05, 0.1) is 6.04 Å². The predicted octanol–water partition coefficient (Wildman–Crippen LogP) is 2.96. The highest BCUT2D eigenvalue weighted by molar-refractivity contribution is 5.97. The molecule has 0 spiro atoms. The molecule has 0 bridgehead atoms. The van der Waals surface area contributed by atoms with Crippen LogP contribution in [-0.4, -0.2) is 17.9 Å². The van der Waals surface area contributed by atoms with Gasteiger partial charge >= 0.3 is 0 Å². The van der Waals surface area contributed by atoms with Crippen molar-refractivity contribution < 1.29 is 18.4 Å². The summed E-state index contributed by atoms with van der Waals surface area (Å²) in [5.74, 6) is -2.70. The number of benzene rings is 2.